The highest BCUT2D eigenvalue weighted by Gasteiger charge is 2.13. The normalized spacial score (nSPS) is 11.2. The first-order valence-electron chi connectivity index (χ1n) is 7.60. The van der Waals surface area contributed by atoms with Crippen molar-refractivity contribution in [3.8, 4) is 0 Å². The molecule has 3 rings (SSSR count). The van der Waals surface area contributed by atoms with Gasteiger partial charge in [-0.3, -0.25) is 9.59 Å². The first kappa shape index (κ1) is 16.9. The van der Waals surface area contributed by atoms with E-state index in [9.17, 15) is 9.59 Å². The summed E-state index contributed by atoms with van der Waals surface area (Å²) in [6, 6.07) is 5.71. The number of hydrogen-bond acceptors (Lipinski definition) is 5. The summed E-state index contributed by atoms with van der Waals surface area (Å²) in [6.07, 6.45) is 0. The van der Waals surface area contributed by atoms with E-state index in [1.807, 2.05) is 45.9 Å². The van der Waals surface area contributed by atoms with Gasteiger partial charge in [-0.15, -0.1) is 11.3 Å². The highest BCUT2D eigenvalue weighted by molar-refractivity contribution is 7.99. The minimum absolute atomic E-state index is 0.0318. The van der Waals surface area contributed by atoms with Gasteiger partial charge in [0.15, 0.2) is 10.9 Å². The zero-order valence-electron chi connectivity index (χ0n) is 14.0. The zero-order valence-corrected chi connectivity index (χ0v) is 15.7. The Morgan fingerprint density at radius 3 is 2.67 bits per heavy atom. The van der Waals surface area contributed by atoms with Gasteiger partial charge in [-0.25, -0.2) is 4.98 Å². The van der Waals surface area contributed by atoms with Crippen LogP contribution in [0.15, 0.2) is 28.2 Å². The van der Waals surface area contributed by atoms with Crippen molar-refractivity contribution >= 4 is 39.1 Å². The molecule has 1 aromatic carbocycles. The smallest absolute Gasteiger partial charge is 0.260 e. The van der Waals surface area contributed by atoms with Crippen molar-refractivity contribution in [3.05, 3.63) is 55.7 Å². The number of benzene rings is 1. The molecule has 0 aliphatic carbocycles. The highest BCUT2D eigenvalue weighted by Crippen LogP contribution is 2.27. The third-order valence-corrected chi connectivity index (χ3v) is 6.16. The standard InChI is InChI=1S/C18H18N2O2S2/c1-9-5-6-13(7-10(9)2)14(21)8-23-18-19-16(22)15-11(3)12(4)24-17(15)20-18/h5-7H,8H2,1-4H3,(H,19,20,22). The lowest BCUT2D eigenvalue weighted by atomic mass is 10.0. The molecule has 0 saturated carbocycles. The Balaban J connectivity index is 1.81. The van der Waals surface area contributed by atoms with Gasteiger partial charge in [-0.2, -0.15) is 0 Å². The molecule has 6 heteroatoms. The van der Waals surface area contributed by atoms with Gasteiger partial charge in [-0.1, -0.05) is 23.9 Å². The van der Waals surface area contributed by atoms with E-state index in [1.165, 1.54) is 28.7 Å². The molecule has 1 N–H and O–H groups in total. The summed E-state index contributed by atoms with van der Waals surface area (Å²) >= 11 is 2.78. The molecule has 0 aliphatic heterocycles. The first-order valence-corrected chi connectivity index (χ1v) is 9.40. The molecule has 0 amide bonds. The zero-order chi connectivity index (χ0) is 17.4. The van der Waals surface area contributed by atoms with Crippen LogP contribution >= 0.6 is 23.1 Å². The van der Waals surface area contributed by atoms with Crippen molar-refractivity contribution < 1.29 is 4.79 Å². The third-order valence-electron chi connectivity index (χ3n) is 4.19. The molecule has 2 aromatic heterocycles. The average Bonchev–Trinajstić information content (AvgIpc) is 2.82. The second-order valence-corrected chi connectivity index (χ2v) is 8.01. The summed E-state index contributed by atoms with van der Waals surface area (Å²) in [5.74, 6) is 0.282. The minimum atomic E-state index is -0.136. The molecule has 3 aromatic rings. The van der Waals surface area contributed by atoms with E-state index in [1.54, 1.807) is 0 Å². The second-order valence-electron chi connectivity index (χ2n) is 5.85. The van der Waals surface area contributed by atoms with Gasteiger partial charge >= 0.3 is 0 Å². The van der Waals surface area contributed by atoms with Crippen molar-refractivity contribution in [3.63, 3.8) is 0 Å². The van der Waals surface area contributed by atoms with E-state index < -0.39 is 0 Å². The maximum absolute atomic E-state index is 12.4. The largest absolute Gasteiger partial charge is 0.301 e. The lowest BCUT2D eigenvalue weighted by molar-refractivity contribution is 0.102. The van der Waals surface area contributed by atoms with Crippen molar-refractivity contribution in [2.75, 3.05) is 5.75 Å². The molecule has 124 valence electrons. The van der Waals surface area contributed by atoms with Crippen LogP contribution in [-0.2, 0) is 0 Å². The van der Waals surface area contributed by atoms with Gasteiger partial charge in [-0.05, 0) is 50.5 Å². The Kier molecular flexibility index (Phi) is 4.60. The Morgan fingerprint density at radius 2 is 1.96 bits per heavy atom. The van der Waals surface area contributed by atoms with Gasteiger partial charge in [0.1, 0.15) is 4.83 Å². The number of nitrogens with zero attached hydrogens (tertiary/aromatic N) is 1. The minimum Gasteiger partial charge on any atom is -0.301 e. The summed E-state index contributed by atoms with van der Waals surface area (Å²) in [5, 5.41) is 1.15. The van der Waals surface area contributed by atoms with Crippen molar-refractivity contribution in [1.29, 1.82) is 0 Å². The number of rotatable bonds is 4. The second kappa shape index (κ2) is 6.53. The van der Waals surface area contributed by atoms with Crippen LogP contribution in [0.1, 0.15) is 31.9 Å². The molecule has 0 aliphatic rings. The number of thiophene rings is 1. The number of aromatic nitrogens is 2. The highest BCUT2D eigenvalue weighted by atomic mass is 32.2. The lowest BCUT2D eigenvalue weighted by Gasteiger charge is -2.04. The number of aryl methyl sites for hydroxylation is 4. The van der Waals surface area contributed by atoms with E-state index in [-0.39, 0.29) is 17.1 Å². The van der Waals surface area contributed by atoms with E-state index in [0.29, 0.717) is 16.1 Å². The molecular formula is C18H18N2O2S2. The molecule has 0 saturated heterocycles. The number of fused-ring (bicyclic) bond motifs is 1. The fourth-order valence-corrected chi connectivity index (χ4v) is 4.28. The Hall–Kier alpha value is -1.92. The van der Waals surface area contributed by atoms with Crippen LogP contribution in [0, 0.1) is 27.7 Å². The summed E-state index contributed by atoms with van der Waals surface area (Å²) in [6.45, 7) is 7.93. The van der Waals surface area contributed by atoms with Gasteiger partial charge in [0.05, 0.1) is 11.1 Å². The molecule has 0 bridgehead atoms. The molecule has 4 nitrogen and oxygen atoms in total. The summed E-state index contributed by atoms with van der Waals surface area (Å²) in [4.78, 5) is 33.7. The van der Waals surface area contributed by atoms with Gasteiger partial charge in [0.2, 0.25) is 0 Å². The molecule has 0 fully saturated rings. The van der Waals surface area contributed by atoms with Crippen LogP contribution in [-0.4, -0.2) is 21.5 Å². The lowest BCUT2D eigenvalue weighted by Crippen LogP contribution is -2.10. The number of Topliss-reactive ketones (excluding diaryl/α,β-unsaturated/α-hetero) is 1. The fourth-order valence-electron chi connectivity index (χ4n) is 2.44. The number of carbonyl (C=O) groups excluding carboxylic acids is 1. The van der Waals surface area contributed by atoms with Crippen LogP contribution in [0.5, 0.6) is 0 Å². The first-order chi connectivity index (χ1) is 11.4. The number of hydrogen-bond donors (Lipinski definition) is 1. The number of H-pyrrole nitrogens is 1. The van der Waals surface area contributed by atoms with Crippen LogP contribution < -0.4 is 5.56 Å². The van der Waals surface area contributed by atoms with E-state index in [2.05, 4.69) is 9.97 Å². The maximum atomic E-state index is 12.4. The maximum Gasteiger partial charge on any atom is 0.260 e. The summed E-state index contributed by atoms with van der Waals surface area (Å²) < 4.78 is 0. The molecule has 0 radical (unpaired) electrons. The topological polar surface area (TPSA) is 62.8 Å². The molecule has 2 heterocycles. The predicted octanol–water partition coefficient (Wildman–Crippen LogP) is 4.19. The quantitative estimate of drug-likeness (QED) is 0.431. The average molecular weight is 358 g/mol. The van der Waals surface area contributed by atoms with Gasteiger partial charge in [0, 0.05) is 10.4 Å². The molecular weight excluding hydrogens is 340 g/mol. The summed E-state index contributed by atoms with van der Waals surface area (Å²) in [5.41, 5.74) is 3.80. The number of ketones is 1. The van der Waals surface area contributed by atoms with Crippen molar-refractivity contribution in [1.82, 2.24) is 9.97 Å². The Bertz CT molecular complexity index is 1000. The molecule has 0 spiro atoms. The van der Waals surface area contributed by atoms with Gasteiger partial charge < -0.3 is 4.98 Å². The van der Waals surface area contributed by atoms with E-state index in [4.69, 9.17) is 0 Å². The van der Waals surface area contributed by atoms with Crippen LogP contribution in [0.25, 0.3) is 10.2 Å². The Morgan fingerprint density at radius 1 is 1.21 bits per heavy atom. The molecule has 0 atom stereocenters. The third kappa shape index (κ3) is 3.16. The SMILES string of the molecule is Cc1ccc(C(=O)CSc2nc3sc(C)c(C)c3c(=O)[nH]2)cc1C. The van der Waals surface area contributed by atoms with Gasteiger partial charge in [0.25, 0.3) is 5.56 Å². The molecule has 0 unspecified atom stereocenters. The van der Waals surface area contributed by atoms with Crippen LogP contribution in [0.3, 0.4) is 0 Å². The Labute approximate surface area is 148 Å². The van der Waals surface area contributed by atoms with Crippen LogP contribution in [0.2, 0.25) is 0 Å². The molecule has 24 heavy (non-hydrogen) atoms. The van der Waals surface area contributed by atoms with E-state index >= 15 is 0 Å². The van der Waals surface area contributed by atoms with Crippen LogP contribution in [0.4, 0.5) is 0 Å². The predicted molar refractivity (Wildman–Crippen MR) is 101 cm³/mol. The number of aromatic amines is 1. The number of nitrogens with one attached hydrogen (secondary N) is 1. The number of thioether (sulfide) groups is 1. The summed E-state index contributed by atoms with van der Waals surface area (Å²) in [7, 11) is 0. The van der Waals surface area contributed by atoms with Crippen molar-refractivity contribution in [2.24, 2.45) is 0 Å². The monoisotopic (exact) mass is 358 g/mol. The van der Waals surface area contributed by atoms with E-state index in [0.717, 1.165) is 20.8 Å². The number of carbonyl (C=O) groups is 1. The fraction of sp³-hybridized carbons (Fsp3) is 0.278. The van der Waals surface area contributed by atoms with Crippen molar-refractivity contribution in [2.45, 2.75) is 32.9 Å².